The van der Waals surface area contributed by atoms with Crippen LogP contribution in [0.5, 0.6) is 0 Å². The number of hydrogen-bond acceptors (Lipinski definition) is 5. The number of ether oxygens (including phenoxy) is 1. The van der Waals surface area contributed by atoms with Crippen LogP contribution in [0.25, 0.3) is 0 Å². The molecule has 2 aliphatic rings. The summed E-state index contributed by atoms with van der Waals surface area (Å²) >= 11 is 1.55. The Balaban J connectivity index is 2.06. The fourth-order valence-corrected chi connectivity index (χ4v) is 3.90. The number of morpholine rings is 1. The summed E-state index contributed by atoms with van der Waals surface area (Å²) in [4.78, 5) is 39.1. The van der Waals surface area contributed by atoms with Crippen molar-refractivity contribution in [2.24, 2.45) is 0 Å². The highest BCUT2D eigenvalue weighted by atomic mass is 32.2. The third-order valence-electron chi connectivity index (χ3n) is 3.80. The topological polar surface area (TPSA) is 87.2 Å². The van der Waals surface area contributed by atoms with E-state index >= 15 is 0 Å². The predicted octanol–water partition coefficient (Wildman–Crippen LogP) is 0.389. The highest BCUT2D eigenvalue weighted by Crippen LogP contribution is 2.25. The fraction of sp³-hybridized carbons (Fsp3) is 0.786. The molecule has 0 aromatic carbocycles. The monoisotopic (exact) mass is 330 g/mol. The average Bonchev–Trinajstić information content (AvgIpc) is 2.95. The largest absolute Gasteiger partial charge is 0.479 e. The molecule has 0 aromatic rings. The highest BCUT2D eigenvalue weighted by Gasteiger charge is 2.40. The summed E-state index contributed by atoms with van der Waals surface area (Å²) in [6.45, 7) is 4.08. The second-order valence-electron chi connectivity index (χ2n) is 5.65. The van der Waals surface area contributed by atoms with Gasteiger partial charge in [-0.3, -0.25) is 9.59 Å². The van der Waals surface area contributed by atoms with Gasteiger partial charge in [0, 0.05) is 18.7 Å². The van der Waals surface area contributed by atoms with Gasteiger partial charge in [-0.1, -0.05) is 6.92 Å². The molecular formula is C14H22N2O5S. The van der Waals surface area contributed by atoms with Crippen LogP contribution in [0.3, 0.4) is 0 Å². The number of aliphatic carboxylic acids is 1. The SMILES string of the molecule is CCCC(=O)N1CSCC1C(=O)N1CC(C(=O)O)O[C@H](C)C1. The molecule has 0 bridgehead atoms. The Labute approximate surface area is 134 Å². The number of nitrogens with zero attached hydrogens (tertiary/aromatic N) is 2. The number of carboxylic acid groups (broad SMARTS) is 1. The first-order valence-electron chi connectivity index (χ1n) is 7.48. The van der Waals surface area contributed by atoms with Gasteiger partial charge in [-0.05, 0) is 13.3 Å². The van der Waals surface area contributed by atoms with Gasteiger partial charge in [-0.2, -0.15) is 0 Å². The number of amides is 2. The number of carbonyl (C=O) groups excluding carboxylic acids is 2. The van der Waals surface area contributed by atoms with Gasteiger partial charge in [0.05, 0.1) is 18.5 Å². The van der Waals surface area contributed by atoms with Crippen LogP contribution in [-0.2, 0) is 19.1 Å². The van der Waals surface area contributed by atoms with E-state index in [-0.39, 0.29) is 24.5 Å². The molecule has 8 heteroatoms. The summed E-state index contributed by atoms with van der Waals surface area (Å²) in [5, 5.41) is 9.10. The van der Waals surface area contributed by atoms with Gasteiger partial charge in [-0.15, -0.1) is 11.8 Å². The lowest BCUT2D eigenvalue weighted by molar-refractivity contribution is -0.168. The second-order valence-corrected chi connectivity index (χ2v) is 6.65. The molecule has 2 saturated heterocycles. The van der Waals surface area contributed by atoms with Crippen LogP contribution in [-0.4, -0.2) is 75.7 Å². The van der Waals surface area contributed by atoms with Gasteiger partial charge >= 0.3 is 5.97 Å². The molecule has 0 aliphatic carbocycles. The van der Waals surface area contributed by atoms with Crippen LogP contribution in [0.2, 0.25) is 0 Å². The van der Waals surface area contributed by atoms with Crippen LogP contribution in [0, 0.1) is 0 Å². The standard InChI is InChI=1S/C14H22N2O5S/c1-3-4-12(17)16-8-22-7-10(16)13(18)15-5-9(2)21-11(6-15)14(19)20/h9-11H,3-8H2,1-2H3,(H,19,20)/t9-,10?,11?/m1/s1. The maximum absolute atomic E-state index is 12.7. The first-order valence-corrected chi connectivity index (χ1v) is 8.63. The molecule has 2 heterocycles. The van der Waals surface area contributed by atoms with Crippen LogP contribution < -0.4 is 0 Å². The fourth-order valence-electron chi connectivity index (χ4n) is 2.73. The van der Waals surface area contributed by atoms with Crippen LogP contribution in [0.15, 0.2) is 0 Å². The van der Waals surface area contributed by atoms with Gasteiger partial charge in [0.25, 0.3) is 0 Å². The van der Waals surface area contributed by atoms with E-state index < -0.39 is 18.1 Å². The third kappa shape index (κ3) is 3.73. The summed E-state index contributed by atoms with van der Waals surface area (Å²) in [7, 11) is 0. The predicted molar refractivity (Wildman–Crippen MR) is 81.4 cm³/mol. The molecule has 22 heavy (non-hydrogen) atoms. The molecule has 2 amide bonds. The van der Waals surface area contributed by atoms with Gasteiger partial charge in [0.2, 0.25) is 11.8 Å². The molecule has 3 atom stereocenters. The molecule has 0 aromatic heterocycles. The Bertz CT molecular complexity index is 459. The maximum atomic E-state index is 12.7. The first kappa shape index (κ1) is 17.1. The van der Waals surface area contributed by atoms with Gasteiger partial charge < -0.3 is 19.6 Å². The zero-order valence-electron chi connectivity index (χ0n) is 12.9. The van der Waals surface area contributed by atoms with E-state index in [4.69, 9.17) is 9.84 Å². The highest BCUT2D eigenvalue weighted by molar-refractivity contribution is 7.99. The minimum absolute atomic E-state index is 0.0121. The lowest BCUT2D eigenvalue weighted by Gasteiger charge is -2.37. The summed E-state index contributed by atoms with van der Waals surface area (Å²) in [5.41, 5.74) is 0. The average molecular weight is 330 g/mol. The Hall–Kier alpha value is -1.28. The second kappa shape index (κ2) is 7.32. The quantitative estimate of drug-likeness (QED) is 0.802. The van der Waals surface area contributed by atoms with Gasteiger partial charge in [-0.25, -0.2) is 4.79 Å². The summed E-state index contributed by atoms with van der Waals surface area (Å²) in [6, 6.07) is -0.483. The summed E-state index contributed by atoms with van der Waals surface area (Å²) in [5.74, 6) is -0.156. The van der Waals surface area contributed by atoms with Crippen molar-refractivity contribution >= 4 is 29.5 Å². The van der Waals surface area contributed by atoms with Crippen molar-refractivity contribution in [1.82, 2.24) is 9.80 Å². The number of thioether (sulfide) groups is 1. The Morgan fingerprint density at radius 2 is 2.05 bits per heavy atom. The van der Waals surface area contributed by atoms with Crippen molar-refractivity contribution in [3.05, 3.63) is 0 Å². The molecule has 7 nitrogen and oxygen atoms in total. The molecule has 2 aliphatic heterocycles. The molecule has 0 spiro atoms. The van der Waals surface area contributed by atoms with E-state index in [1.165, 1.54) is 4.90 Å². The van der Waals surface area contributed by atoms with Crippen LogP contribution in [0.4, 0.5) is 0 Å². The minimum Gasteiger partial charge on any atom is -0.479 e. The number of carboxylic acids is 1. The smallest absolute Gasteiger partial charge is 0.334 e. The third-order valence-corrected chi connectivity index (χ3v) is 4.81. The molecule has 0 radical (unpaired) electrons. The van der Waals surface area contributed by atoms with Crippen molar-refractivity contribution in [2.45, 2.75) is 44.9 Å². The van der Waals surface area contributed by atoms with Gasteiger partial charge in [0.15, 0.2) is 6.10 Å². The van der Waals surface area contributed by atoms with E-state index in [1.54, 1.807) is 23.6 Å². The maximum Gasteiger partial charge on any atom is 0.334 e. The van der Waals surface area contributed by atoms with Crippen molar-refractivity contribution in [2.75, 3.05) is 24.7 Å². The summed E-state index contributed by atoms with van der Waals surface area (Å²) in [6.07, 6.45) is -0.146. The number of carbonyl (C=O) groups is 3. The molecule has 124 valence electrons. The van der Waals surface area contributed by atoms with E-state index in [0.717, 1.165) is 6.42 Å². The minimum atomic E-state index is -1.07. The summed E-state index contributed by atoms with van der Waals surface area (Å²) < 4.78 is 5.32. The molecule has 2 unspecified atom stereocenters. The van der Waals surface area contributed by atoms with E-state index in [2.05, 4.69) is 0 Å². The lowest BCUT2D eigenvalue weighted by atomic mass is 10.1. The molecule has 2 rings (SSSR count). The van der Waals surface area contributed by atoms with Crippen LogP contribution >= 0.6 is 11.8 Å². The normalized spacial score (nSPS) is 28.7. The zero-order valence-corrected chi connectivity index (χ0v) is 13.7. The molecule has 0 saturated carbocycles. The van der Waals surface area contributed by atoms with E-state index in [0.29, 0.717) is 24.6 Å². The van der Waals surface area contributed by atoms with Crippen molar-refractivity contribution in [1.29, 1.82) is 0 Å². The lowest BCUT2D eigenvalue weighted by Crippen LogP contribution is -2.57. The van der Waals surface area contributed by atoms with Crippen LogP contribution in [0.1, 0.15) is 26.7 Å². The first-order chi connectivity index (χ1) is 10.4. The van der Waals surface area contributed by atoms with E-state index in [1.807, 2.05) is 6.92 Å². The molecule has 2 fully saturated rings. The Kier molecular flexibility index (Phi) is 5.69. The number of hydrogen-bond donors (Lipinski definition) is 1. The van der Waals surface area contributed by atoms with Gasteiger partial charge in [0.1, 0.15) is 6.04 Å². The van der Waals surface area contributed by atoms with Crippen molar-refractivity contribution in [3.63, 3.8) is 0 Å². The number of rotatable bonds is 4. The van der Waals surface area contributed by atoms with E-state index in [9.17, 15) is 14.4 Å². The van der Waals surface area contributed by atoms with Crippen molar-refractivity contribution in [3.8, 4) is 0 Å². The zero-order chi connectivity index (χ0) is 16.3. The molecular weight excluding hydrogens is 308 g/mol. The molecule has 1 N–H and O–H groups in total. The Morgan fingerprint density at radius 3 is 2.68 bits per heavy atom. The van der Waals surface area contributed by atoms with Crippen molar-refractivity contribution < 1.29 is 24.2 Å². The Morgan fingerprint density at radius 1 is 1.32 bits per heavy atom.